The number of benzene rings is 1. The monoisotopic (exact) mass is 503 g/mol. The van der Waals surface area contributed by atoms with Crippen molar-refractivity contribution in [2.24, 2.45) is 28.6 Å². The summed E-state index contributed by atoms with van der Waals surface area (Å²) in [5.74, 6) is 1.88. The van der Waals surface area contributed by atoms with Gasteiger partial charge in [-0.25, -0.2) is 4.79 Å². The van der Waals surface area contributed by atoms with Crippen molar-refractivity contribution in [1.82, 2.24) is 10.2 Å². The van der Waals surface area contributed by atoms with Crippen LogP contribution in [0.5, 0.6) is 0 Å². The minimum atomic E-state index is -0.189. The summed E-state index contributed by atoms with van der Waals surface area (Å²) in [6.45, 7) is 7.04. The van der Waals surface area contributed by atoms with E-state index in [2.05, 4.69) is 37.5 Å². The van der Waals surface area contributed by atoms with Gasteiger partial charge in [-0.3, -0.25) is 4.79 Å². The number of rotatable bonds is 2. The highest BCUT2D eigenvalue weighted by Crippen LogP contribution is 2.66. The van der Waals surface area contributed by atoms with E-state index < -0.39 is 0 Å². The number of hydrogen-bond donors (Lipinski definition) is 2. The van der Waals surface area contributed by atoms with Crippen molar-refractivity contribution in [2.45, 2.75) is 70.9 Å². The Hall–Kier alpha value is -1.72. The van der Waals surface area contributed by atoms with Gasteiger partial charge in [0, 0.05) is 29.7 Å². The van der Waals surface area contributed by atoms with Gasteiger partial charge < -0.3 is 15.5 Å². The minimum absolute atomic E-state index is 0.0172. The zero-order chi connectivity index (χ0) is 24.5. The third kappa shape index (κ3) is 3.41. The maximum absolute atomic E-state index is 12.9. The third-order valence-corrected chi connectivity index (χ3v) is 11.2. The Balaban J connectivity index is 1.32. The highest BCUT2D eigenvalue weighted by atomic mass is 35.5. The lowest BCUT2D eigenvalue weighted by molar-refractivity contribution is -0.154. The fourth-order valence-electron chi connectivity index (χ4n) is 8.12. The molecule has 0 spiro atoms. The lowest BCUT2D eigenvalue weighted by atomic mass is 9.45. The highest BCUT2D eigenvalue weighted by Gasteiger charge is 2.64. The molecule has 3 amide bonds. The van der Waals surface area contributed by atoms with Crippen molar-refractivity contribution in [1.29, 1.82) is 0 Å². The number of carbonyl (C=O) groups excluding carboxylic acids is 2. The SMILES string of the molecule is CN1C(=O)C=C[C@]2(C)[C@H]3CC[C@]4(C)[C@@H](NC(=O)Nc5ccc(Cl)c(Cl)c5)CC[C@H]4[C@@H]3CC[C@@]12C. The van der Waals surface area contributed by atoms with E-state index in [-0.39, 0.29) is 34.3 Å². The maximum Gasteiger partial charge on any atom is 0.319 e. The number of hydrogen-bond acceptors (Lipinski definition) is 2. The molecule has 2 N–H and O–H groups in total. The molecule has 3 aliphatic carbocycles. The first-order valence-electron chi connectivity index (χ1n) is 12.5. The van der Waals surface area contributed by atoms with Crippen LogP contribution in [-0.4, -0.2) is 35.5 Å². The average molecular weight is 505 g/mol. The molecule has 0 aromatic heterocycles. The number of urea groups is 1. The van der Waals surface area contributed by atoms with Crippen LogP contribution in [0.4, 0.5) is 10.5 Å². The first-order chi connectivity index (χ1) is 16.0. The minimum Gasteiger partial charge on any atom is -0.336 e. The third-order valence-electron chi connectivity index (χ3n) is 10.5. The van der Waals surface area contributed by atoms with Gasteiger partial charge in [0.05, 0.1) is 10.0 Å². The van der Waals surface area contributed by atoms with Crippen LogP contribution in [0.3, 0.4) is 0 Å². The van der Waals surface area contributed by atoms with Gasteiger partial charge in [0.2, 0.25) is 5.91 Å². The summed E-state index contributed by atoms with van der Waals surface area (Å²) in [6, 6.07) is 5.08. The van der Waals surface area contributed by atoms with Crippen molar-refractivity contribution in [3.05, 3.63) is 40.4 Å². The van der Waals surface area contributed by atoms with Crippen molar-refractivity contribution in [2.75, 3.05) is 12.4 Å². The van der Waals surface area contributed by atoms with Crippen LogP contribution >= 0.6 is 23.2 Å². The number of nitrogens with zero attached hydrogens (tertiary/aromatic N) is 1. The smallest absolute Gasteiger partial charge is 0.319 e. The van der Waals surface area contributed by atoms with E-state index in [4.69, 9.17) is 23.2 Å². The average Bonchev–Trinajstić information content (AvgIpc) is 3.12. The van der Waals surface area contributed by atoms with E-state index in [0.717, 1.165) is 38.5 Å². The molecule has 0 unspecified atom stereocenters. The Labute approximate surface area is 212 Å². The van der Waals surface area contributed by atoms with E-state index in [1.54, 1.807) is 24.3 Å². The molecular formula is C27H35Cl2N3O2. The Morgan fingerprint density at radius 3 is 2.53 bits per heavy atom. The summed E-state index contributed by atoms with van der Waals surface area (Å²) in [7, 11) is 1.97. The van der Waals surface area contributed by atoms with Crippen LogP contribution in [0, 0.1) is 28.6 Å². The van der Waals surface area contributed by atoms with Crippen LogP contribution in [0.15, 0.2) is 30.4 Å². The second kappa shape index (κ2) is 8.16. The summed E-state index contributed by atoms with van der Waals surface area (Å²) < 4.78 is 0. The van der Waals surface area contributed by atoms with E-state index in [1.165, 1.54) is 0 Å². The molecule has 5 nitrogen and oxygen atoms in total. The molecule has 3 fully saturated rings. The molecule has 7 atom stereocenters. The zero-order valence-electron chi connectivity index (χ0n) is 20.5. The van der Waals surface area contributed by atoms with Gasteiger partial charge in [-0.2, -0.15) is 0 Å². The molecule has 3 saturated carbocycles. The number of fused-ring (bicyclic) bond motifs is 5. The molecule has 7 heteroatoms. The number of halogens is 2. The van der Waals surface area contributed by atoms with Gasteiger partial charge in [0.15, 0.2) is 0 Å². The first kappa shape index (κ1) is 24.0. The Bertz CT molecular complexity index is 1060. The number of nitrogens with one attached hydrogen (secondary N) is 2. The number of likely N-dealkylation sites (N-methyl/N-ethyl adjacent to an activating group) is 1. The molecule has 1 aliphatic heterocycles. The van der Waals surface area contributed by atoms with E-state index in [1.807, 2.05) is 11.9 Å². The van der Waals surface area contributed by atoms with E-state index >= 15 is 0 Å². The highest BCUT2D eigenvalue weighted by molar-refractivity contribution is 6.42. The molecule has 5 rings (SSSR count). The fraction of sp³-hybridized carbons (Fsp3) is 0.630. The summed E-state index contributed by atoms with van der Waals surface area (Å²) in [5, 5.41) is 7.11. The first-order valence-corrected chi connectivity index (χ1v) is 13.2. The Morgan fingerprint density at radius 2 is 1.79 bits per heavy atom. The quantitative estimate of drug-likeness (QED) is 0.482. The van der Waals surface area contributed by atoms with Gasteiger partial charge in [-0.05, 0) is 92.9 Å². The fourth-order valence-corrected chi connectivity index (χ4v) is 8.42. The summed E-state index contributed by atoms with van der Waals surface area (Å²) in [5.41, 5.74) is 0.568. The van der Waals surface area contributed by atoms with Gasteiger partial charge in [-0.15, -0.1) is 0 Å². The largest absolute Gasteiger partial charge is 0.336 e. The summed E-state index contributed by atoms with van der Waals surface area (Å²) in [4.78, 5) is 27.3. The molecule has 1 heterocycles. The van der Waals surface area contributed by atoms with Gasteiger partial charge in [0.25, 0.3) is 0 Å². The predicted octanol–water partition coefficient (Wildman–Crippen LogP) is 6.51. The van der Waals surface area contributed by atoms with Crippen LogP contribution in [0.2, 0.25) is 10.0 Å². The normalized spacial score (nSPS) is 40.9. The number of carbonyl (C=O) groups is 2. The predicted molar refractivity (Wildman–Crippen MR) is 137 cm³/mol. The zero-order valence-corrected chi connectivity index (χ0v) is 22.0. The molecule has 0 radical (unpaired) electrons. The van der Waals surface area contributed by atoms with Crippen LogP contribution < -0.4 is 10.6 Å². The Kier molecular flexibility index (Phi) is 5.76. The molecular weight excluding hydrogens is 469 g/mol. The summed E-state index contributed by atoms with van der Waals surface area (Å²) in [6.07, 6.45) is 10.6. The molecule has 184 valence electrons. The van der Waals surface area contributed by atoms with E-state index in [9.17, 15) is 9.59 Å². The molecule has 1 aromatic carbocycles. The van der Waals surface area contributed by atoms with Crippen LogP contribution in [0.1, 0.15) is 59.3 Å². The maximum atomic E-state index is 12.9. The number of amides is 3. The van der Waals surface area contributed by atoms with Crippen molar-refractivity contribution >= 4 is 40.8 Å². The lowest BCUT2D eigenvalue weighted by Gasteiger charge is -2.64. The van der Waals surface area contributed by atoms with Crippen molar-refractivity contribution in [3.8, 4) is 0 Å². The standard InChI is InChI=1S/C27H35Cl2N3O2/c1-25-12-10-19-17(9-14-27(3)26(19,2)13-11-23(33)32(27)4)18(25)6-8-22(25)31-24(34)30-16-5-7-20(28)21(29)15-16/h5,7,11,13,15,17-19,22H,6,8-10,12,14H2,1-4H3,(H2,30,31,34)/t17-,18-,19-,22-,25-,26+,27+/m0/s1. The van der Waals surface area contributed by atoms with Gasteiger partial charge in [0.1, 0.15) is 0 Å². The van der Waals surface area contributed by atoms with Crippen molar-refractivity contribution < 1.29 is 9.59 Å². The van der Waals surface area contributed by atoms with Crippen LogP contribution in [0.25, 0.3) is 0 Å². The lowest BCUT2D eigenvalue weighted by Crippen LogP contribution is -2.66. The van der Waals surface area contributed by atoms with Crippen LogP contribution in [-0.2, 0) is 4.79 Å². The molecule has 0 bridgehead atoms. The molecule has 0 saturated heterocycles. The summed E-state index contributed by atoms with van der Waals surface area (Å²) >= 11 is 12.1. The van der Waals surface area contributed by atoms with Gasteiger partial charge >= 0.3 is 6.03 Å². The molecule has 1 aromatic rings. The molecule has 4 aliphatic rings. The Morgan fingerprint density at radius 1 is 1.03 bits per heavy atom. The number of anilines is 1. The van der Waals surface area contributed by atoms with Gasteiger partial charge in [-0.1, -0.05) is 43.1 Å². The van der Waals surface area contributed by atoms with E-state index in [0.29, 0.717) is 33.5 Å². The van der Waals surface area contributed by atoms with Crippen molar-refractivity contribution in [3.63, 3.8) is 0 Å². The second-order valence-corrected chi connectivity index (χ2v) is 12.4. The molecule has 34 heavy (non-hydrogen) atoms. The topological polar surface area (TPSA) is 61.4 Å². The second-order valence-electron chi connectivity index (χ2n) is 11.6.